The maximum Gasteiger partial charge on any atom is 0.222 e. The normalized spacial score (nSPS) is 13.7. The predicted molar refractivity (Wildman–Crippen MR) is 31.9 cm³/mol. The zero-order valence-electron chi connectivity index (χ0n) is 5.46. The fourth-order valence-electron chi connectivity index (χ4n) is 0.564. The summed E-state index contributed by atoms with van der Waals surface area (Å²) in [6.07, 6.45) is 0.917. The molecule has 1 atom stereocenters. The molecule has 0 fully saturated rings. The van der Waals surface area contributed by atoms with Crippen LogP contribution in [-0.2, 0) is 0 Å². The molecule has 0 aliphatic rings. The molecule has 3 heteroatoms. The van der Waals surface area contributed by atoms with Gasteiger partial charge < -0.3 is 9.52 Å². The molecule has 0 radical (unpaired) electrons. The van der Waals surface area contributed by atoms with Gasteiger partial charge in [0, 0.05) is 0 Å². The smallest absolute Gasteiger partial charge is 0.222 e. The molecule has 0 saturated carbocycles. The largest absolute Gasteiger partial charge is 0.446 e. The van der Waals surface area contributed by atoms with Crippen molar-refractivity contribution < 1.29 is 9.52 Å². The van der Waals surface area contributed by atoms with Crippen LogP contribution >= 0.6 is 0 Å². The van der Waals surface area contributed by atoms with Gasteiger partial charge in [0.15, 0.2) is 0 Å². The van der Waals surface area contributed by atoms with Crippen LogP contribution in [-0.4, -0.2) is 10.1 Å². The maximum absolute atomic E-state index is 8.88. The first-order valence-corrected chi connectivity index (χ1v) is 2.80. The van der Waals surface area contributed by atoms with E-state index in [-0.39, 0.29) is 0 Å². The fourth-order valence-corrected chi connectivity index (χ4v) is 0.564. The SMILES string of the molecule is Cc1coc(C(C)O)n1. The summed E-state index contributed by atoms with van der Waals surface area (Å²) in [5.41, 5.74) is 0.797. The van der Waals surface area contributed by atoms with Gasteiger partial charge in [0.25, 0.3) is 0 Å². The number of aliphatic hydroxyl groups excluding tert-OH is 1. The van der Waals surface area contributed by atoms with Crippen molar-refractivity contribution in [3.05, 3.63) is 17.8 Å². The third kappa shape index (κ3) is 1.29. The number of hydrogen-bond donors (Lipinski definition) is 1. The lowest BCUT2D eigenvalue weighted by Gasteiger charge is -1.92. The maximum atomic E-state index is 8.88. The van der Waals surface area contributed by atoms with Crippen molar-refractivity contribution in [3.8, 4) is 0 Å². The number of aromatic nitrogens is 1. The Kier molecular flexibility index (Phi) is 1.53. The molecule has 1 aromatic heterocycles. The molecule has 0 aliphatic heterocycles. The van der Waals surface area contributed by atoms with E-state index in [1.807, 2.05) is 6.92 Å². The number of nitrogens with zero attached hydrogens (tertiary/aromatic N) is 1. The van der Waals surface area contributed by atoms with Crippen molar-refractivity contribution in [1.82, 2.24) is 4.98 Å². The van der Waals surface area contributed by atoms with E-state index in [2.05, 4.69) is 4.98 Å². The first kappa shape index (κ1) is 6.29. The highest BCUT2D eigenvalue weighted by atomic mass is 16.4. The van der Waals surface area contributed by atoms with Gasteiger partial charge in [-0.2, -0.15) is 0 Å². The molecule has 9 heavy (non-hydrogen) atoms. The number of hydrogen-bond acceptors (Lipinski definition) is 3. The van der Waals surface area contributed by atoms with Crippen LogP contribution in [0, 0.1) is 6.92 Å². The molecule has 3 nitrogen and oxygen atoms in total. The number of aryl methyl sites for hydroxylation is 1. The van der Waals surface area contributed by atoms with Crippen molar-refractivity contribution >= 4 is 0 Å². The second kappa shape index (κ2) is 2.19. The third-order valence-corrected chi connectivity index (χ3v) is 0.994. The molecule has 0 bridgehead atoms. The molecule has 1 heterocycles. The van der Waals surface area contributed by atoms with Gasteiger partial charge in [-0.15, -0.1) is 0 Å². The predicted octanol–water partition coefficient (Wildman–Crippen LogP) is 1.04. The topological polar surface area (TPSA) is 46.3 Å². The Bertz CT molecular complexity index is 193. The average Bonchev–Trinajstić information content (AvgIpc) is 2.14. The Hall–Kier alpha value is -0.830. The van der Waals surface area contributed by atoms with Gasteiger partial charge in [-0.25, -0.2) is 4.98 Å². The van der Waals surface area contributed by atoms with E-state index >= 15 is 0 Å². The minimum atomic E-state index is -0.598. The highest BCUT2D eigenvalue weighted by Gasteiger charge is 2.05. The third-order valence-electron chi connectivity index (χ3n) is 0.994. The molecular weight excluding hydrogens is 118 g/mol. The Labute approximate surface area is 53.3 Å². The van der Waals surface area contributed by atoms with Crippen LogP contribution in [0.2, 0.25) is 0 Å². The number of rotatable bonds is 1. The lowest BCUT2D eigenvalue weighted by molar-refractivity contribution is 0.163. The quantitative estimate of drug-likeness (QED) is 0.613. The molecule has 1 rings (SSSR count). The molecule has 0 saturated heterocycles. The van der Waals surface area contributed by atoms with Gasteiger partial charge in [-0.3, -0.25) is 0 Å². The van der Waals surface area contributed by atoms with Crippen LogP contribution in [0.3, 0.4) is 0 Å². The van der Waals surface area contributed by atoms with E-state index < -0.39 is 6.10 Å². The second-order valence-electron chi connectivity index (χ2n) is 2.00. The summed E-state index contributed by atoms with van der Waals surface area (Å²) in [7, 11) is 0. The van der Waals surface area contributed by atoms with Crippen LogP contribution < -0.4 is 0 Å². The molecule has 1 unspecified atom stereocenters. The molecule has 0 aromatic carbocycles. The van der Waals surface area contributed by atoms with Crippen molar-refractivity contribution in [2.75, 3.05) is 0 Å². The molecule has 50 valence electrons. The zero-order chi connectivity index (χ0) is 6.85. The first-order chi connectivity index (χ1) is 4.20. The average molecular weight is 127 g/mol. The minimum Gasteiger partial charge on any atom is -0.446 e. The fraction of sp³-hybridized carbons (Fsp3) is 0.500. The molecule has 1 aromatic rings. The Balaban J connectivity index is 2.85. The van der Waals surface area contributed by atoms with E-state index in [1.54, 1.807) is 6.92 Å². The summed E-state index contributed by atoms with van der Waals surface area (Å²) in [5.74, 6) is 0.382. The van der Waals surface area contributed by atoms with Crippen molar-refractivity contribution in [1.29, 1.82) is 0 Å². The second-order valence-corrected chi connectivity index (χ2v) is 2.00. The van der Waals surface area contributed by atoms with Crippen LogP contribution in [0.15, 0.2) is 10.7 Å². The Morgan fingerprint density at radius 2 is 2.44 bits per heavy atom. The summed E-state index contributed by atoms with van der Waals surface area (Å²) < 4.78 is 4.86. The zero-order valence-corrected chi connectivity index (χ0v) is 5.46. The van der Waals surface area contributed by atoms with Gasteiger partial charge in [-0.1, -0.05) is 0 Å². The van der Waals surface area contributed by atoms with E-state index in [1.165, 1.54) is 6.26 Å². The van der Waals surface area contributed by atoms with Crippen molar-refractivity contribution in [2.45, 2.75) is 20.0 Å². The lowest BCUT2D eigenvalue weighted by Crippen LogP contribution is -1.89. The van der Waals surface area contributed by atoms with E-state index in [9.17, 15) is 0 Å². The van der Waals surface area contributed by atoms with Gasteiger partial charge in [0.05, 0.1) is 5.69 Å². The van der Waals surface area contributed by atoms with E-state index in [4.69, 9.17) is 9.52 Å². The molecule has 0 spiro atoms. The summed E-state index contributed by atoms with van der Waals surface area (Å²) in [5, 5.41) is 8.88. The van der Waals surface area contributed by atoms with Gasteiger partial charge in [0.2, 0.25) is 5.89 Å². The van der Waals surface area contributed by atoms with Crippen molar-refractivity contribution in [2.24, 2.45) is 0 Å². The summed E-state index contributed by atoms with van der Waals surface area (Å²) in [4.78, 5) is 3.89. The molecular formula is C6H9NO2. The highest BCUT2D eigenvalue weighted by Crippen LogP contribution is 2.09. The summed E-state index contributed by atoms with van der Waals surface area (Å²) in [6.45, 7) is 3.43. The Morgan fingerprint density at radius 1 is 1.78 bits per heavy atom. The highest BCUT2D eigenvalue weighted by molar-refractivity contribution is 4.94. The van der Waals surface area contributed by atoms with Gasteiger partial charge >= 0.3 is 0 Å². The lowest BCUT2D eigenvalue weighted by atomic mass is 10.4. The first-order valence-electron chi connectivity index (χ1n) is 2.80. The molecule has 0 amide bonds. The van der Waals surface area contributed by atoms with Crippen LogP contribution in [0.25, 0.3) is 0 Å². The van der Waals surface area contributed by atoms with Gasteiger partial charge in [-0.05, 0) is 13.8 Å². The standard InChI is InChI=1S/C6H9NO2/c1-4-3-9-6(7-4)5(2)8/h3,5,8H,1-2H3. The van der Waals surface area contributed by atoms with Gasteiger partial charge in [0.1, 0.15) is 12.4 Å². The van der Waals surface area contributed by atoms with Crippen LogP contribution in [0.4, 0.5) is 0 Å². The molecule has 1 N–H and O–H groups in total. The van der Waals surface area contributed by atoms with E-state index in [0.29, 0.717) is 5.89 Å². The summed E-state index contributed by atoms with van der Waals surface area (Å²) in [6, 6.07) is 0. The minimum absolute atomic E-state index is 0.382. The van der Waals surface area contributed by atoms with Crippen LogP contribution in [0.5, 0.6) is 0 Å². The molecule has 0 aliphatic carbocycles. The van der Waals surface area contributed by atoms with Crippen molar-refractivity contribution in [3.63, 3.8) is 0 Å². The van der Waals surface area contributed by atoms with E-state index in [0.717, 1.165) is 5.69 Å². The Morgan fingerprint density at radius 3 is 2.67 bits per heavy atom. The number of aliphatic hydroxyl groups is 1. The van der Waals surface area contributed by atoms with Crippen LogP contribution in [0.1, 0.15) is 24.6 Å². The monoisotopic (exact) mass is 127 g/mol. The number of oxazole rings is 1. The summed E-state index contributed by atoms with van der Waals surface area (Å²) >= 11 is 0.